The van der Waals surface area contributed by atoms with Gasteiger partial charge in [-0.2, -0.15) is 0 Å². The van der Waals surface area contributed by atoms with Gasteiger partial charge in [-0.25, -0.2) is 4.99 Å². The van der Waals surface area contributed by atoms with Gasteiger partial charge in [-0.3, -0.25) is 0 Å². The standard InChI is InChI=1S/C5H6ClNO/c1-3-5(6)7-4(2)8/h3,8H,1-2H2/b7-5+. The van der Waals surface area contributed by atoms with Gasteiger partial charge in [0.15, 0.2) is 0 Å². The smallest absolute Gasteiger partial charge is 0.204 e. The van der Waals surface area contributed by atoms with Crippen molar-refractivity contribution in [2.24, 2.45) is 4.99 Å². The number of halogens is 1. The van der Waals surface area contributed by atoms with Crippen LogP contribution >= 0.6 is 11.6 Å². The summed E-state index contributed by atoms with van der Waals surface area (Å²) in [7, 11) is 0. The SMILES string of the molecule is C=C/C(Cl)=N\C(=C)O. The molecule has 0 aromatic heterocycles. The fraction of sp³-hybridized carbons (Fsp3) is 0. The molecule has 0 rings (SSSR count). The molecule has 1 N–H and O–H groups in total. The van der Waals surface area contributed by atoms with E-state index in [1.54, 1.807) is 0 Å². The summed E-state index contributed by atoms with van der Waals surface area (Å²) in [6.07, 6.45) is 1.31. The summed E-state index contributed by atoms with van der Waals surface area (Å²) in [5.41, 5.74) is 0. The second-order valence-electron chi connectivity index (χ2n) is 1.05. The van der Waals surface area contributed by atoms with Gasteiger partial charge in [0.2, 0.25) is 5.88 Å². The van der Waals surface area contributed by atoms with Gasteiger partial charge < -0.3 is 5.11 Å². The summed E-state index contributed by atoms with van der Waals surface area (Å²) in [5.74, 6) is -0.310. The second kappa shape index (κ2) is 3.27. The lowest BCUT2D eigenvalue weighted by Gasteiger charge is -1.84. The van der Waals surface area contributed by atoms with Crippen LogP contribution in [0.15, 0.2) is 30.1 Å². The van der Waals surface area contributed by atoms with Gasteiger partial charge in [-0.05, 0) is 12.7 Å². The van der Waals surface area contributed by atoms with E-state index in [1.807, 2.05) is 0 Å². The molecule has 0 saturated heterocycles. The van der Waals surface area contributed by atoms with Crippen LogP contribution in [0.4, 0.5) is 0 Å². The van der Waals surface area contributed by atoms with Crippen LogP contribution in [0.2, 0.25) is 0 Å². The van der Waals surface area contributed by atoms with Crippen LogP contribution in [0.3, 0.4) is 0 Å². The molecule has 0 radical (unpaired) electrons. The first kappa shape index (κ1) is 7.24. The van der Waals surface area contributed by atoms with Crippen molar-refractivity contribution in [1.82, 2.24) is 0 Å². The minimum absolute atomic E-state index is 0.137. The highest BCUT2D eigenvalue weighted by Gasteiger charge is 1.83. The molecular formula is C5H6ClNO. The highest BCUT2D eigenvalue weighted by molar-refractivity contribution is 6.68. The van der Waals surface area contributed by atoms with E-state index in [0.29, 0.717) is 0 Å². The first-order valence-corrected chi connectivity index (χ1v) is 2.29. The van der Waals surface area contributed by atoms with Crippen molar-refractivity contribution in [2.45, 2.75) is 0 Å². The molecule has 3 heteroatoms. The van der Waals surface area contributed by atoms with Crippen LogP contribution in [-0.4, -0.2) is 10.3 Å². The topological polar surface area (TPSA) is 32.6 Å². The number of aliphatic hydroxyl groups excluding tert-OH is 1. The molecule has 0 heterocycles. The second-order valence-corrected chi connectivity index (χ2v) is 1.44. The number of nitrogens with zero attached hydrogens (tertiary/aromatic N) is 1. The van der Waals surface area contributed by atoms with Crippen molar-refractivity contribution in [2.75, 3.05) is 0 Å². The molecule has 0 aliphatic rings. The normalized spacial score (nSPS) is 10.9. The van der Waals surface area contributed by atoms with Crippen LogP contribution in [-0.2, 0) is 0 Å². The van der Waals surface area contributed by atoms with Crippen molar-refractivity contribution in [3.63, 3.8) is 0 Å². The van der Waals surface area contributed by atoms with E-state index in [-0.39, 0.29) is 11.1 Å². The quantitative estimate of drug-likeness (QED) is 0.450. The third-order valence-electron chi connectivity index (χ3n) is 0.404. The zero-order chi connectivity index (χ0) is 6.57. The first-order valence-electron chi connectivity index (χ1n) is 1.91. The Balaban J connectivity index is 3.94. The number of rotatable bonds is 2. The lowest BCUT2D eigenvalue weighted by atomic mass is 10.7. The van der Waals surface area contributed by atoms with Crippen molar-refractivity contribution in [1.29, 1.82) is 0 Å². The minimum Gasteiger partial charge on any atom is -0.494 e. The predicted molar refractivity (Wildman–Crippen MR) is 35.3 cm³/mol. The molecule has 0 saturated carbocycles. The van der Waals surface area contributed by atoms with Crippen LogP contribution in [0.1, 0.15) is 0 Å². The number of aliphatic hydroxyl groups is 1. The zero-order valence-corrected chi connectivity index (χ0v) is 5.02. The molecule has 2 nitrogen and oxygen atoms in total. The van der Waals surface area contributed by atoms with Gasteiger partial charge in [-0.1, -0.05) is 18.2 Å². The third-order valence-corrected chi connectivity index (χ3v) is 0.643. The van der Waals surface area contributed by atoms with E-state index >= 15 is 0 Å². The molecule has 0 amide bonds. The highest BCUT2D eigenvalue weighted by Crippen LogP contribution is 1.91. The number of hydrogen-bond donors (Lipinski definition) is 1. The Kier molecular flexibility index (Phi) is 2.96. The Morgan fingerprint density at radius 1 is 1.75 bits per heavy atom. The van der Waals surface area contributed by atoms with E-state index in [9.17, 15) is 0 Å². The van der Waals surface area contributed by atoms with Crippen molar-refractivity contribution in [3.8, 4) is 0 Å². The van der Waals surface area contributed by atoms with Crippen molar-refractivity contribution in [3.05, 3.63) is 25.1 Å². The molecule has 0 aromatic rings. The average Bonchev–Trinajstić information content (AvgIpc) is 1.65. The summed E-state index contributed by atoms with van der Waals surface area (Å²) in [5, 5.41) is 8.48. The maximum Gasteiger partial charge on any atom is 0.204 e. The minimum atomic E-state index is -0.310. The summed E-state index contributed by atoms with van der Waals surface area (Å²) >= 11 is 5.27. The maximum absolute atomic E-state index is 8.34. The van der Waals surface area contributed by atoms with E-state index in [1.165, 1.54) is 6.08 Å². The number of aliphatic imine (C=N–C) groups is 1. The summed E-state index contributed by atoms with van der Waals surface area (Å²) in [6.45, 7) is 6.38. The van der Waals surface area contributed by atoms with Gasteiger partial charge in [0, 0.05) is 0 Å². The first-order chi connectivity index (χ1) is 3.66. The average molecular weight is 132 g/mol. The van der Waals surface area contributed by atoms with Gasteiger partial charge >= 0.3 is 0 Å². The fourth-order valence-corrected chi connectivity index (χ4v) is 0.266. The summed E-state index contributed by atoms with van der Waals surface area (Å²) in [6, 6.07) is 0. The molecule has 8 heavy (non-hydrogen) atoms. The lowest BCUT2D eigenvalue weighted by Crippen LogP contribution is -1.78. The van der Waals surface area contributed by atoms with Gasteiger partial charge in [0.25, 0.3) is 0 Å². The molecule has 0 spiro atoms. The Labute approximate surface area is 52.8 Å². The van der Waals surface area contributed by atoms with E-state index in [2.05, 4.69) is 18.2 Å². The third kappa shape index (κ3) is 3.43. The molecule has 0 aromatic carbocycles. The van der Waals surface area contributed by atoms with E-state index in [0.717, 1.165) is 0 Å². The molecule has 0 bridgehead atoms. The number of hydrogen-bond acceptors (Lipinski definition) is 2. The van der Waals surface area contributed by atoms with Crippen molar-refractivity contribution < 1.29 is 5.11 Å². The molecule has 0 unspecified atom stereocenters. The maximum atomic E-state index is 8.34. The Bertz CT molecular complexity index is 139. The highest BCUT2D eigenvalue weighted by atomic mass is 35.5. The van der Waals surface area contributed by atoms with Gasteiger partial charge in [0.05, 0.1) is 0 Å². The van der Waals surface area contributed by atoms with Crippen LogP contribution < -0.4 is 0 Å². The van der Waals surface area contributed by atoms with Crippen LogP contribution in [0.25, 0.3) is 0 Å². The van der Waals surface area contributed by atoms with Crippen molar-refractivity contribution >= 4 is 16.8 Å². The molecule has 0 atom stereocenters. The predicted octanol–water partition coefficient (Wildman–Crippen LogP) is 1.84. The van der Waals surface area contributed by atoms with Crippen LogP contribution in [0, 0.1) is 0 Å². The van der Waals surface area contributed by atoms with Crippen LogP contribution in [0.5, 0.6) is 0 Å². The molecule has 0 aliphatic carbocycles. The Morgan fingerprint density at radius 3 is 2.38 bits per heavy atom. The number of allylic oxidation sites excluding steroid dienone is 1. The van der Waals surface area contributed by atoms with E-state index < -0.39 is 0 Å². The van der Waals surface area contributed by atoms with Gasteiger partial charge in [-0.15, -0.1) is 0 Å². The summed E-state index contributed by atoms with van der Waals surface area (Å²) in [4.78, 5) is 3.32. The fourth-order valence-electron chi connectivity index (χ4n) is 0.169. The zero-order valence-electron chi connectivity index (χ0n) is 4.26. The van der Waals surface area contributed by atoms with E-state index in [4.69, 9.17) is 16.7 Å². The lowest BCUT2D eigenvalue weighted by molar-refractivity contribution is 0.410. The molecule has 0 fully saturated rings. The molecule has 44 valence electrons. The summed E-state index contributed by atoms with van der Waals surface area (Å²) < 4.78 is 0. The Hall–Kier alpha value is -0.760. The largest absolute Gasteiger partial charge is 0.494 e. The Morgan fingerprint density at radius 2 is 2.25 bits per heavy atom. The molecular weight excluding hydrogens is 126 g/mol. The van der Waals surface area contributed by atoms with Gasteiger partial charge in [0.1, 0.15) is 5.17 Å². The molecule has 0 aliphatic heterocycles. The monoisotopic (exact) mass is 131 g/mol.